The van der Waals surface area contributed by atoms with E-state index >= 15 is 0 Å². The zero-order valence-electron chi connectivity index (χ0n) is 15.0. The molecule has 0 bridgehead atoms. The van der Waals surface area contributed by atoms with Gasteiger partial charge in [-0.05, 0) is 38.1 Å². The maximum atomic E-state index is 12.3. The smallest absolute Gasteiger partial charge is 0.317 e. The lowest BCUT2D eigenvalue weighted by molar-refractivity contribution is 0.191. The number of piperazine rings is 1. The third kappa shape index (κ3) is 6.08. The van der Waals surface area contributed by atoms with Crippen molar-refractivity contribution >= 4 is 24.1 Å². The number of carbonyl (C=O) groups is 1. The number of halogens is 1. The van der Waals surface area contributed by atoms with E-state index in [-0.39, 0.29) is 18.4 Å². The second-order valence-corrected chi connectivity index (χ2v) is 6.80. The van der Waals surface area contributed by atoms with Crippen LogP contribution in [0.15, 0.2) is 30.3 Å². The van der Waals surface area contributed by atoms with Gasteiger partial charge < -0.3 is 20.0 Å². The highest BCUT2D eigenvalue weighted by Crippen LogP contribution is 2.15. The Morgan fingerprint density at radius 3 is 2.16 bits per heavy atom. The van der Waals surface area contributed by atoms with Crippen LogP contribution in [-0.4, -0.2) is 68.2 Å². The molecule has 2 aliphatic heterocycles. The number of hydrogen-bond donors (Lipinski definition) is 1. The van der Waals surface area contributed by atoms with Crippen LogP contribution in [0, 0.1) is 0 Å². The number of likely N-dealkylation sites (tertiary alicyclic amines) is 1. The molecule has 2 fully saturated rings. The van der Waals surface area contributed by atoms with Crippen molar-refractivity contribution < 1.29 is 4.79 Å². The van der Waals surface area contributed by atoms with Crippen LogP contribution in [0.4, 0.5) is 10.5 Å². The molecule has 3 rings (SSSR count). The van der Waals surface area contributed by atoms with Gasteiger partial charge in [0.1, 0.15) is 0 Å². The Kier molecular flexibility index (Phi) is 8.35. The molecule has 0 saturated carbocycles. The van der Waals surface area contributed by atoms with Gasteiger partial charge in [-0.15, -0.1) is 12.4 Å². The van der Waals surface area contributed by atoms with E-state index in [1.165, 1.54) is 44.5 Å². The average Bonchev–Trinajstić information content (AvgIpc) is 2.91. The molecule has 5 nitrogen and oxygen atoms in total. The predicted molar refractivity (Wildman–Crippen MR) is 106 cm³/mol. The summed E-state index contributed by atoms with van der Waals surface area (Å²) >= 11 is 0. The number of urea groups is 1. The van der Waals surface area contributed by atoms with Crippen molar-refractivity contribution in [3.8, 4) is 0 Å². The van der Waals surface area contributed by atoms with E-state index in [1.54, 1.807) is 0 Å². The second kappa shape index (κ2) is 10.5. The summed E-state index contributed by atoms with van der Waals surface area (Å²) in [5.74, 6) is 0. The van der Waals surface area contributed by atoms with Crippen LogP contribution >= 0.6 is 12.4 Å². The molecule has 0 aliphatic carbocycles. The lowest BCUT2D eigenvalue weighted by Gasteiger charge is -2.36. The van der Waals surface area contributed by atoms with E-state index in [0.717, 1.165) is 39.3 Å². The Hall–Kier alpha value is -1.46. The van der Waals surface area contributed by atoms with Crippen LogP contribution in [0.1, 0.15) is 25.7 Å². The van der Waals surface area contributed by atoms with Gasteiger partial charge in [-0.25, -0.2) is 4.79 Å². The first-order valence-electron chi connectivity index (χ1n) is 9.38. The molecular formula is C19H31ClN4O. The molecule has 2 heterocycles. The van der Waals surface area contributed by atoms with Gasteiger partial charge in [-0.3, -0.25) is 0 Å². The van der Waals surface area contributed by atoms with Crippen LogP contribution in [-0.2, 0) is 0 Å². The van der Waals surface area contributed by atoms with Crippen LogP contribution in [0.25, 0.3) is 0 Å². The Labute approximate surface area is 157 Å². The zero-order valence-corrected chi connectivity index (χ0v) is 15.8. The van der Waals surface area contributed by atoms with Crippen LogP contribution in [0.2, 0.25) is 0 Å². The number of rotatable bonds is 4. The molecule has 0 spiro atoms. The first kappa shape index (κ1) is 19.9. The fourth-order valence-electron chi connectivity index (χ4n) is 3.60. The van der Waals surface area contributed by atoms with Gasteiger partial charge >= 0.3 is 6.03 Å². The Balaban J connectivity index is 0.00000225. The zero-order chi connectivity index (χ0) is 16.6. The summed E-state index contributed by atoms with van der Waals surface area (Å²) < 4.78 is 0. The van der Waals surface area contributed by atoms with Crippen molar-refractivity contribution in [2.75, 3.05) is 57.3 Å². The van der Waals surface area contributed by atoms with Gasteiger partial charge in [-0.1, -0.05) is 31.0 Å². The molecule has 25 heavy (non-hydrogen) atoms. The Bertz CT molecular complexity index is 497. The van der Waals surface area contributed by atoms with E-state index in [1.807, 2.05) is 11.0 Å². The summed E-state index contributed by atoms with van der Waals surface area (Å²) in [6, 6.07) is 10.5. The topological polar surface area (TPSA) is 38.8 Å². The molecule has 140 valence electrons. The molecular weight excluding hydrogens is 336 g/mol. The number of hydrogen-bond acceptors (Lipinski definition) is 3. The number of carbonyl (C=O) groups excluding carboxylic acids is 1. The predicted octanol–water partition coefficient (Wildman–Crippen LogP) is 2.82. The summed E-state index contributed by atoms with van der Waals surface area (Å²) in [4.78, 5) is 19.1. The summed E-state index contributed by atoms with van der Waals surface area (Å²) in [5, 5.41) is 3.10. The molecule has 0 radical (unpaired) electrons. The average molecular weight is 367 g/mol. The van der Waals surface area contributed by atoms with Gasteiger partial charge in [0, 0.05) is 45.0 Å². The molecule has 6 heteroatoms. The lowest BCUT2D eigenvalue weighted by atomic mass is 10.2. The van der Waals surface area contributed by atoms with Crippen molar-refractivity contribution in [1.82, 2.24) is 15.1 Å². The summed E-state index contributed by atoms with van der Waals surface area (Å²) in [5.41, 5.74) is 1.25. The van der Waals surface area contributed by atoms with Gasteiger partial charge in [0.2, 0.25) is 0 Å². The van der Waals surface area contributed by atoms with Crippen molar-refractivity contribution in [3.63, 3.8) is 0 Å². The van der Waals surface area contributed by atoms with Crippen molar-refractivity contribution in [1.29, 1.82) is 0 Å². The summed E-state index contributed by atoms with van der Waals surface area (Å²) in [6.07, 6.45) is 5.31. The number of nitrogens with one attached hydrogen (secondary N) is 1. The first-order chi connectivity index (χ1) is 11.8. The van der Waals surface area contributed by atoms with Gasteiger partial charge in [-0.2, -0.15) is 0 Å². The molecule has 2 aliphatic rings. The summed E-state index contributed by atoms with van der Waals surface area (Å²) in [7, 11) is 0. The maximum Gasteiger partial charge on any atom is 0.317 e. The molecule has 0 unspecified atom stereocenters. The highest BCUT2D eigenvalue weighted by Gasteiger charge is 2.21. The van der Waals surface area contributed by atoms with E-state index in [0.29, 0.717) is 0 Å². The van der Waals surface area contributed by atoms with Gasteiger partial charge in [0.15, 0.2) is 0 Å². The molecule has 2 amide bonds. The molecule has 1 N–H and O–H groups in total. The molecule has 0 atom stereocenters. The maximum absolute atomic E-state index is 12.3. The molecule has 0 aromatic heterocycles. The molecule has 2 saturated heterocycles. The van der Waals surface area contributed by atoms with Crippen LogP contribution in [0.3, 0.4) is 0 Å². The SMILES string of the molecule is Cl.O=C(NCCN1CCCCCC1)N1CCN(c2ccccc2)CC1. The number of nitrogens with zero attached hydrogens (tertiary/aromatic N) is 3. The van der Waals surface area contributed by atoms with E-state index in [4.69, 9.17) is 0 Å². The van der Waals surface area contributed by atoms with Crippen molar-refractivity contribution in [2.45, 2.75) is 25.7 Å². The van der Waals surface area contributed by atoms with Crippen molar-refractivity contribution in [3.05, 3.63) is 30.3 Å². The minimum absolute atomic E-state index is 0. The number of benzene rings is 1. The standard InChI is InChI=1S/C19H30N4O.ClH/c24-19(20-10-13-21-11-6-1-2-7-12-21)23-16-14-22(15-17-23)18-8-4-3-5-9-18;/h3-5,8-9H,1-2,6-7,10-17H2,(H,20,24);1H. The minimum atomic E-state index is 0. The van der Waals surface area contributed by atoms with Crippen LogP contribution in [0.5, 0.6) is 0 Å². The minimum Gasteiger partial charge on any atom is -0.368 e. The fourth-order valence-corrected chi connectivity index (χ4v) is 3.60. The van der Waals surface area contributed by atoms with E-state index in [2.05, 4.69) is 39.4 Å². The second-order valence-electron chi connectivity index (χ2n) is 6.80. The highest BCUT2D eigenvalue weighted by atomic mass is 35.5. The first-order valence-corrected chi connectivity index (χ1v) is 9.38. The van der Waals surface area contributed by atoms with Crippen molar-refractivity contribution in [2.24, 2.45) is 0 Å². The van der Waals surface area contributed by atoms with E-state index < -0.39 is 0 Å². The van der Waals surface area contributed by atoms with Gasteiger partial charge in [0.05, 0.1) is 0 Å². The monoisotopic (exact) mass is 366 g/mol. The fraction of sp³-hybridized carbons (Fsp3) is 0.632. The third-order valence-corrected chi connectivity index (χ3v) is 5.09. The highest BCUT2D eigenvalue weighted by molar-refractivity contribution is 5.85. The molecule has 1 aromatic rings. The number of amides is 2. The van der Waals surface area contributed by atoms with Gasteiger partial charge in [0.25, 0.3) is 0 Å². The molecule has 1 aromatic carbocycles. The Morgan fingerprint density at radius 2 is 1.52 bits per heavy atom. The third-order valence-electron chi connectivity index (χ3n) is 5.09. The number of para-hydroxylation sites is 1. The Morgan fingerprint density at radius 1 is 0.880 bits per heavy atom. The largest absolute Gasteiger partial charge is 0.368 e. The normalized spacial score (nSPS) is 19.0. The van der Waals surface area contributed by atoms with E-state index in [9.17, 15) is 4.79 Å². The number of anilines is 1. The lowest BCUT2D eigenvalue weighted by Crippen LogP contribution is -2.52. The summed E-state index contributed by atoms with van der Waals surface area (Å²) in [6.45, 7) is 7.52. The quantitative estimate of drug-likeness (QED) is 0.890. The van der Waals surface area contributed by atoms with Crippen LogP contribution < -0.4 is 10.2 Å².